The lowest BCUT2D eigenvalue weighted by Crippen LogP contribution is -2.32. The Hall–Kier alpha value is -1.83. The molecule has 5 heteroatoms. The van der Waals surface area contributed by atoms with Gasteiger partial charge in [0.25, 0.3) is 5.91 Å². The summed E-state index contributed by atoms with van der Waals surface area (Å²) in [5, 5.41) is 13.0. The van der Waals surface area contributed by atoms with E-state index in [4.69, 9.17) is 5.26 Å². The van der Waals surface area contributed by atoms with Gasteiger partial charge in [-0.05, 0) is 26.3 Å². The number of nitriles is 1. The van der Waals surface area contributed by atoms with Gasteiger partial charge in [0.2, 0.25) is 0 Å². The van der Waals surface area contributed by atoms with Gasteiger partial charge in [-0.25, -0.2) is 0 Å². The number of hydrogen-bond donors (Lipinski definition) is 0. The van der Waals surface area contributed by atoms with Gasteiger partial charge in [0, 0.05) is 13.1 Å². The molecule has 1 heterocycles. The first kappa shape index (κ1) is 13.2. The molecule has 0 aliphatic heterocycles. The molecule has 0 fully saturated rings. The van der Waals surface area contributed by atoms with Crippen molar-refractivity contribution in [3.63, 3.8) is 0 Å². The highest BCUT2D eigenvalue weighted by Gasteiger charge is 2.19. The van der Waals surface area contributed by atoms with Crippen LogP contribution in [0.4, 0.5) is 0 Å². The highest BCUT2D eigenvalue weighted by molar-refractivity contribution is 5.92. The maximum absolute atomic E-state index is 12.2. The third-order valence-corrected chi connectivity index (χ3v) is 2.64. The minimum Gasteiger partial charge on any atom is -0.324 e. The minimum absolute atomic E-state index is 0.117. The minimum atomic E-state index is -0.122. The maximum Gasteiger partial charge on any atom is 0.272 e. The summed E-state index contributed by atoms with van der Waals surface area (Å²) >= 11 is 0. The fraction of sp³-hybridized carbons (Fsp3) is 0.583. The molecule has 1 aromatic rings. The zero-order valence-corrected chi connectivity index (χ0v) is 10.6. The first-order chi connectivity index (χ1) is 8.17. The first-order valence-electron chi connectivity index (χ1n) is 5.90. The number of amides is 1. The molecule has 17 heavy (non-hydrogen) atoms. The molecule has 0 bridgehead atoms. The first-order valence-corrected chi connectivity index (χ1v) is 5.90. The van der Waals surface area contributed by atoms with Crippen molar-refractivity contribution in [2.24, 2.45) is 0 Å². The molecule has 0 aromatic carbocycles. The highest BCUT2D eigenvalue weighted by Crippen LogP contribution is 2.09. The Bertz CT molecular complexity index is 430. The zero-order chi connectivity index (χ0) is 12.8. The summed E-state index contributed by atoms with van der Waals surface area (Å²) in [6, 6.07) is 3.81. The van der Waals surface area contributed by atoms with Crippen molar-refractivity contribution in [1.82, 2.24) is 14.7 Å². The van der Waals surface area contributed by atoms with Crippen LogP contribution in [-0.2, 0) is 13.0 Å². The summed E-state index contributed by atoms with van der Waals surface area (Å²) in [5.74, 6) is -0.122. The Morgan fingerprint density at radius 1 is 1.53 bits per heavy atom. The van der Waals surface area contributed by atoms with Crippen molar-refractivity contribution in [1.29, 1.82) is 5.26 Å². The van der Waals surface area contributed by atoms with Crippen LogP contribution < -0.4 is 0 Å². The van der Waals surface area contributed by atoms with E-state index >= 15 is 0 Å². The molecular formula is C12H18N4O. The third kappa shape index (κ3) is 2.84. The maximum atomic E-state index is 12.2. The fourth-order valence-electron chi connectivity index (χ4n) is 1.63. The molecule has 0 N–H and O–H groups in total. The van der Waals surface area contributed by atoms with Crippen LogP contribution in [0.1, 0.15) is 37.0 Å². The number of carbonyl (C=O) groups is 1. The zero-order valence-electron chi connectivity index (χ0n) is 10.6. The van der Waals surface area contributed by atoms with Crippen LogP contribution in [0.25, 0.3) is 0 Å². The van der Waals surface area contributed by atoms with E-state index in [0.717, 1.165) is 12.1 Å². The van der Waals surface area contributed by atoms with Crippen molar-refractivity contribution in [2.75, 3.05) is 13.1 Å². The van der Waals surface area contributed by atoms with Gasteiger partial charge in [-0.1, -0.05) is 6.92 Å². The van der Waals surface area contributed by atoms with E-state index in [1.165, 1.54) is 4.90 Å². The van der Waals surface area contributed by atoms with Gasteiger partial charge in [-0.2, -0.15) is 10.4 Å². The Balaban J connectivity index is 3.01. The summed E-state index contributed by atoms with van der Waals surface area (Å²) in [5.41, 5.74) is 1.48. The Kier molecular flexibility index (Phi) is 4.70. The SMILES string of the molecule is CCc1cc(C(=O)N(CC)CC#N)n(CC)n1. The molecule has 0 aliphatic carbocycles. The van der Waals surface area contributed by atoms with Gasteiger partial charge in [-0.3, -0.25) is 9.48 Å². The number of hydrogen-bond acceptors (Lipinski definition) is 3. The van der Waals surface area contributed by atoms with Crippen molar-refractivity contribution in [3.05, 3.63) is 17.5 Å². The van der Waals surface area contributed by atoms with Gasteiger partial charge in [0.15, 0.2) is 0 Å². The van der Waals surface area contributed by atoms with Gasteiger partial charge in [-0.15, -0.1) is 0 Å². The lowest BCUT2D eigenvalue weighted by Gasteiger charge is -2.17. The van der Waals surface area contributed by atoms with Crippen molar-refractivity contribution in [2.45, 2.75) is 33.7 Å². The second kappa shape index (κ2) is 6.04. The molecule has 0 atom stereocenters. The van der Waals surface area contributed by atoms with Crippen LogP contribution in [0.15, 0.2) is 6.07 Å². The predicted molar refractivity (Wildman–Crippen MR) is 64.5 cm³/mol. The fourth-order valence-corrected chi connectivity index (χ4v) is 1.63. The summed E-state index contributed by atoms with van der Waals surface area (Å²) in [6.07, 6.45) is 0.803. The van der Waals surface area contributed by atoms with Crippen LogP contribution in [0.5, 0.6) is 0 Å². The lowest BCUT2D eigenvalue weighted by molar-refractivity contribution is 0.0772. The standard InChI is InChI=1S/C12H18N4O/c1-4-10-9-11(16(6-3)14-10)12(17)15(5-2)8-7-13/h9H,4-6,8H2,1-3H3. The molecule has 0 saturated carbocycles. The number of rotatable bonds is 5. The Morgan fingerprint density at radius 2 is 2.24 bits per heavy atom. The molecule has 1 rings (SSSR count). The Labute approximate surface area is 102 Å². The van der Waals surface area contributed by atoms with Crippen LogP contribution in [-0.4, -0.2) is 33.7 Å². The lowest BCUT2D eigenvalue weighted by atomic mass is 10.3. The molecule has 1 aromatic heterocycles. The molecule has 0 aliphatic rings. The van der Waals surface area contributed by atoms with E-state index in [0.29, 0.717) is 18.8 Å². The average molecular weight is 234 g/mol. The number of aromatic nitrogens is 2. The van der Waals surface area contributed by atoms with E-state index in [-0.39, 0.29) is 12.5 Å². The van der Waals surface area contributed by atoms with E-state index in [2.05, 4.69) is 5.10 Å². The number of aryl methyl sites for hydroxylation is 2. The quantitative estimate of drug-likeness (QED) is 0.724. The van der Waals surface area contributed by atoms with Gasteiger partial charge in [0.05, 0.1) is 11.8 Å². The molecule has 5 nitrogen and oxygen atoms in total. The molecule has 1 amide bonds. The second-order valence-electron chi connectivity index (χ2n) is 3.67. The number of nitrogens with zero attached hydrogens (tertiary/aromatic N) is 4. The topological polar surface area (TPSA) is 61.9 Å². The van der Waals surface area contributed by atoms with Gasteiger partial charge >= 0.3 is 0 Å². The molecule has 92 valence electrons. The molecule has 0 unspecified atom stereocenters. The van der Waals surface area contributed by atoms with Gasteiger partial charge < -0.3 is 4.90 Å². The van der Waals surface area contributed by atoms with Crippen molar-refractivity contribution in [3.8, 4) is 6.07 Å². The summed E-state index contributed by atoms with van der Waals surface area (Å²) < 4.78 is 1.70. The van der Waals surface area contributed by atoms with Crippen LogP contribution in [0.2, 0.25) is 0 Å². The highest BCUT2D eigenvalue weighted by atomic mass is 16.2. The summed E-state index contributed by atoms with van der Waals surface area (Å²) in [7, 11) is 0. The van der Waals surface area contributed by atoms with Gasteiger partial charge in [0.1, 0.15) is 12.2 Å². The van der Waals surface area contributed by atoms with Crippen molar-refractivity contribution >= 4 is 5.91 Å². The monoisotopic (exact) mass is 234 g/mol. The molecular weight excluding hydrogens is 216 g/mol. The Morgan fingerprint density at radius 3 is 2.71 bits per heavy atom. The second-order valence-corrected chi connectivity index (χ2v) is 3.67. The van der Waals surface area contributed by atoms with E-state index in [9.17, 15) is 4.79 Å². The van der Waals surface area contributed by atoms with E-state index < -0.39 is 0 Å². The van der Waals surface area contributed by atoms with E-state index in [1.807, 2.05) is 32.9 Å². The molecule has 0 spiro atoms. The average Bonchev–Trinajstić information content (AvgIpc) is 2.78. The molecule has 0 saturated heterocycles. The van der Waals surface area contributed by atoms with Crippen LogP contribution in [0.3, 0.4) is 0 Å². The predicted octanol–water partition coefficient (Wildman–Crippen LogP) is 1.45. The van der Waals surface area contributed by atoms with E-state index in [1.54, 1.807) is 4.68 Å². The normalized spacial score (nSPS) is 10.0. The van der Waals surface area contributed by atoms with Crippen molar-refractivity contribution < 1.29 is 4.79 Å². The van der Waals surface area contributed by atoms with Crippen LogP contribution in [0, 0.1) is 11.3 Å². The summed E-state index contributed by atoms with van der Waals surface area (Å²) in [6.45, 7) is 7.12. The summed E-state index contributed by atoms with van der Waals surface area (Å²) in [4.78, 5) is 13.7. The third-order valence-electron chi connectivity index (χ3n) is 2.64. The largest absolute Gasteiger partial charge is 0.324 e. The van der Waals surface area contributed by atoms with Crippen LogP contribution >= 0.6 is 0 Å². The smallest absolute Gasteiger partial charge is 0.272 e. The molecule has 0 radical (unpaired) electrons. The number of carbonyl (C=O) groups excluding carboxylic acids is 1.